The van der Waals surface area contributed by atoms with Crippen molar-refractivity contribution in [3.8, 4) is 0 Å². The van der Waals surface area contributed by atoms with Crippen molar-refractivity contribution in [2.45, 2.75) is 31.7 Å². The number of pyridine rings is 1. The highest BCUT2D eigenvalue weighted by molar-refractivity contribution is 9.10. The van der Waals surface area contributed by atoms with Crippen LogP contribution in [0.25, 0.3) is 10.2 Å². The van der Waals surface area contributed by atoms with E-state index in [1.54, 1.807) is 11.3 Å². The Bertz CT molecular complexity index is 886. The van der Waals surface area contributed by atoms with Crippen LogP contribution in [0.2, 0.25) is 5.15 Å². The number of nitrogens with zero attached hydrogens (tertiary/aromatic N) is 1. The van der Waals surface area contributed by atoms with Gasteiger partial charge in [-0.25, -0.2) is 4.98 Å². The SMILES string of the molecule is Clc1cc(NCc2cccs2)c2sc([C@@H]3CC=CCC3)c(Br)c2n1. The van der Waals surface area contributed by atoms with Gasteiger partial charge < -0.3 is 5.32 Å². The minimum Gasteiger partial charge on any atom is -0.379 e. The molecule has 0 spiro atoms. The van der Waals surface area contributed by atoms with Crippen molar-refractivity contribution in [2.75, 3.05) is 5.32 Å². The Morgan fingerprint density at radius 3 is 3.04 bits per heavy atom. The summed E-state index contributed by atoms with van der Waals surface area (Å²) in [5, 5.41) is 6.17. The van der Waals surface area contributed by atoms with Gasteiger partial charge in [0, 0.05) is 22.4 Å². The van der Waals surface area contributed by atoms with Gasteiger partial charge in [0.05, 0.1) is 20.4 Å². The van der Waals surface area contributed by atoms with Gasteiger partial charge in [-0.1, -0.05) is 29.8 Å². The second-order valence-corrected chi connectivity index (χ2v) is 9.13. The number of fused-ring (bicyclic) bond motifs is 1. The minimum absolute atomic E-state index is 0.532. The lowest BCUT2D eigenvalue weighted by molar-refractivity contribution is 0.625. The summed E-state index contributed by atoms with van der Waals surface area (Å²) in [6.45, 7) is 0.810. The van der Waals surface area contributed by atoms with Crippen LogP contribution in [0.3, 0.4) is 0 Å². The lowest BCUT2D eigenvalue weighted by atomic mass is 9.93. The Labute approximate surface area is 162 Å². The largest absolute Gasteiger partial charge is 0.379 e. The molecule has 0 bridgehead atoms. The molecule has 0 saturated carbocycles. The second kappa shape index (κ2) is 7.16. The first kappa shape index (κ1) is 16.6. The zero-order chi connectivity index (χ0) is 16.5. The second-order valence-electron chi connectivity index (χ2n) is 5.86. The fourth-order valence-electron chi connectivity index (χ4n) is 3.05. The maximum absolute atomic E-state index is 6.28. The van der Waals surface area contributed by atoms with Crippen LogP contribution in [-0.4, -0.2) is 4.98 Å². The predicted octanol–water partition coefficient (Wildman–Crippen LogP) is 7.21. The molecule has 0 saturated heterocycles. The molecule has 0 unspecified atom stereocenters. The number of nitrogens with one attached hydrogen (secondary N) is 1. The van der Waals surface area contributed by atoms with Crippen molar-refractivity contribution in [1.29, 1.82) is 0 Å². The number of thiophene rings is 2. The van der Waals surface area contributed by atoms with Gasteiger partial charge in [0.1, 0.15) is 5.15 Å². The van der Waals surface area contributed by atoms with Crippen LogP contribution in [0.15, 0.2) is 40.2 Å². The number of aromatic nitrogens is 1. The number of rotatable bonds is 4. The Hall–Kier alpha value is -0.880. The summed E-state index contributed by atoms with van der Waals surface area (Å²) in [4.78, 5) is 7.27. The van der Waals surface area contributed by atoms with Crippen LogP contribution in [0.4, 0.5) is 5.69 Å². The summed E-state index contributed by atoms with van der Waals surface area (Å²) in [5.41, 5.74) is 2.05. The van der Waals surface area contributed by atoms with Gasteiger partial charge in [0.2, 0.25) is 0 Å². The summed E-state index contributed by atoms with van der Waals surface area (Å²) in [5.74, 6) is 0.576. The average Bonchev–Trinajstić information content (AvgIpc) is 3.22. The number of hydrogen-bond donors (Lipinski definition) is 1. The molecular formula is C18H16BrClN2S2. The predicted molar refractivity (Wildman–Crippen MR) is 110 cm³/mol. The van der Waals surface area contributed by atoms with E-state index in [0.29, 0.717) is 11.1 Å². The first-order valence-corrected chi connectivity index (χ1v) is 10.8. The van der Waals surface area contributed by atoms with Gasteiger partial charge in [-0.05, 0) is 52.6 Å². The number of allylic oxidation sites excluding steroid dienone is 2. The lowest BCUT2D eigenvalue weighted by Crippen LogP contribution is -1.98. The topological polar surface area (TPSA) is 24.9 Å². The molecule has 4 rings (SSSR count). The molecule has 0 aliphatic heterocycles. The van der Waals surface area contributed by atoms with Crippen molar-refractivity contribution < 1.29 is 0 Å². The van der Waals surface area contributed by atoms with Crippen LogP contribution >= 0.6 is 50.2 Å². The van der Waals surface area contributed by atoms with Gasteiger partial charge in [-0.2, -0.15) is 0 Å². The monoisotopic (exact) mass is 438 g/mol. The average molecular weight is 440 g/mol. The van der Waals surface area contributed by atoms with Gasteiger partial charge in [0.25, 0.3) is 0 Å². The van der Waals surface area contributed by atoms with E-state index < -0.39 is 0 Å². The zero-order valence-corrected chi connectivity index (χ0v) is 16.9. The lowest BCUT2D eigenvalue weighted by Gasteiger charge is -2.16. The summed E-state index contributed by atoms with van der Waals surface area (Å²) in [7, 11) is 0. The standard InChI is InChI=1S/C18H16BrClN2S2/c19-15-16-18(24-17(15)11-5-2-1-3-6-11)13(9-14(20)22-16)21-10-12-7-4-8-23-12/h1-2,4,7-9,11H,3,5-6,10H2,(H,21,22)/t11-/m1/s1. The quantitative estimate of drug-likeness (QED) is 0.343. The summed E-state index contributed by atoms with van der Waals surface area (Å²) in [6, 6.07) is 6.15. The zero-order valence-electron chi connectivity index (χ0n) is 12.9. The first-order chi connectivity index (χ1) is 11.7. The summed E-state index contributed by atoms with van der Waals surface area (Å²) < 4.78 is 2.30. The van der Waals surface area contributed by atoms with Gasteiger partial charge in [-0.3, -0.25) is 0 Å². The third kappa shape index (κ3) is 3.27. The van der Waals surface area contributed by atoms with Crippen molar-refractivity contribution >= 4 is 66.1 Å². The molecule has 3 aromatic heterocycles. The third-order valence-corrected chi connectivity index (χ3v) is 7.76. The third-order valence-electron chi connectivity index (χ3n) is 4.25. The van der Waals surface area contributed by atoms with Crippen LogP contribution in [0.5, 0.6) is 0 Å². The molecule has 0 radical (unpaired) electrons. The van der Waals surface area contributed by atoms with Crippen LogP contribution in [0, 0.1) is 0 Å². The van der Waals surface area contributed by atoms with E-state index in [9.17, 15) is 0 Å². The number of hydrogen-bond acceptors (Lipinski definition) is 4. The van der Waals surface area contributed by atoms with Gasteiger partial charge >= 0.3 is 0 Å². The molecule has 3 aromatic rings. The highest BCUT2D eigenvalue weighted by atomic mass is 79.9. The molecule has 3 heterocycles. The molecule has 6 heteroatoms. The van der Waals surface area contributed by atoms with Gasteiger partial charge in [-0.15, -0.1) is 22.7 Å². The molecule has 24 heavy (non-hydrogen) atoms. The molecule has 1 aliphatic rings. The molecule has 1 atom stereocenters. The Balaban J connectivity index is 1.72. The van der Waals surface area contributed by atoms with E-state index in [1.165, 1.54) is 20.9 Å². The van der Waals surface area contributed by atoms with Crippen LogP contribution in [0.1, 0.15) is 34.9 Å². The Morgan fingerprint density at radius 1 is 1.38 bits per heavy atom. The van der Waals surface area contributed by atoms with E-state index >= 15 is 0 Å². The molecular weight excluding hydrogens is 424 g/mol. The van der Waals surface area contributed by atoms with E-state index in [1.807, 2.05) is 17.4 Å². The van der Waals surface area contributed by atoms with E-state index in [2.05, 4.69) is 55.9 Å². The molecule has 2 nitrogen and oxygen atoms in total. The molecule has 124 valence electrons. The molecule has 1 N–H and O–H groups in total. The van der Waals surface area contributed by atoms with Crippen molar-refractivity contribution in [3.63, 3.8) is 0 Å². The smallest absolute Gasteiger partial charge is 0.131 e. The molecule has 0 aromatic carbocycles. The normalized spacial score (nSPS) is 17.5. The molecule has 1 aliphatic carbocycles. The highest BCUT2D eigenvalue weighted by Gasteiger charge is 2.22. The Morgan fingerprint density at radius 2 is 2.29 bits per heavy atom. The maximum atomic E-state index is 6.28. The summed E-state index contributed by atoms with van der Waals surface area (Å²) >= 11 is 13.7. The van der Waals surface area contributed by atoms with Crippen molar-refractivity contribution in [3.05, 3.63) is 55.1 Å². The highest BCUT2D eigenvalue weighted by Crippen LogP contribution is 2.45. The Kier molecular flexibility index (Phi) is 4.95. The van der Waals surface area contributed by atoms with E-state index in [4.69, 9.17) is 11.6 Å². The molecule has 0 amide bonds. The fraction of sp³-hybridized carbons (Fsp3) is 0.278. The molecule has 0 fully saturated rings. The number of halogens is 2. The maximum Gasteiger partial charge on any atom is 0.131 e. The van der Waals surface area contributed by atoms with Crippen LogP contribution in [-0.2, 0) is 6.54 Å². The van der Waals surface area contributed by atoms with Crippen LogP contribution < -0.4 is 5.32 Å². The van der Waals surface area contributed by atoms with Gasteiger partial charge in [0.15, 0.2) is 0 Å². The first-order valence-electron chi connectivity index (χ1n) is 7.92. The summed E-state index contributed by atoms with van der Waals surface area (Å²) in [6.07, 6.45) is 8.04. The fourth-order valence-corrected chi connectivity index (χ4v) is 6.14. The van der Waals surface area contributed by atoms with Crippen molar-refractivity contribution in [1.82, 2.24) is 4.98 Å². The van der Waals surface area contributed by atoms with E-state index in [-0.39, 0.29) is 0 Å². The van der Waals surface area contributed by atoms with E-state index in [0.717, 1.165) is 35.1 Å². The van der Waals surface area contributed by atoms with Crippen molar-refractivity contribution in [2.24, 2.45) is 0 Å². The minimum atomic E-state index is 0.532. The number of anilines is 1.